The molecule has 10 heavy (non-hydrogen) atoms. The van der Waals surface area contributed by atoms with E-state index in [-0.39, 0.29) is 24.8 Å². The maximum absolute atomic E-state index is 2.12. The average molecular weight is 179 g/mol. The minimum atomic E-state index is 0. The number of hydrogen-bond acceptors (Lipinski definition) is 0. The van der Waals surface area contributed by atoms with Crippen molar-refractivity contribution in [3.05, 3.63) is 35.4 Å². The van der Waals surface area contributed by atoms with Gasteiger partial charge in [0.05, 0.1) is 0 Å². The van der Waals surface area contributed by atoms with E-state index in [2.05, 4.69) is 38.1 Å². The maximum Gasteiger partial charge on any atom is -0.0395 e. The Morgan fingerprint density at radius 1 is 0.800 bits per heavy atom. The summed E-state index contributed by atoms with van der Waals surface area (Å²) < 4.78 is 0. The molecule has 0 aliphatic heterocycles. The fraction of sp³-hybridized carbons (Fsp3) is 0.250. The Bertz CT molecular complexity index is 163. The van der Waals surface area contributed by atoms with Gasteiger partial charge in [-0.25, -0.2) is 0 Å². The van der Waals surface area contributed by atoms with Crippen molar-refractivity contribution in [3.8, 4) is 0 Å². The van der Waals surface area contributed by atoms with Gasteiger partial charge in [0.25, 0.3) is 0 Å². The molecule has 0 heterocycles. The highest BCUT2D eigenvalue weighted by Gasteiger charge is 1.83. The van der Waals surface area contributed by atoms with Crippen LogP contribution in [0.25, 0.3) is 0 Å². The molecule has 0 atom stereocenters. The zero-order valence-corrected chi connectivity index (χ0v) is 7.76. The molecule has 2 heteroatoms. The summed E-state index contributed by atoms with van der Waals surface area (Å²) in [5.74, 6) is 0. The van der Waals surface area contributed by atoms with Gasteiger partial charge in [-0.2, -0.15) is 0 Å². The van der Waals surface area contributed by atoms with E-state index in [1.165, 1.54) is 11.1 Å². The third-order valence-corrected chi connectivity index (χ3v) is 1.43. The molecular formula is C8H12Cl2. The normalized spacial score (nSPS) is 7.40. The number of halogens is 2. The van der Waals surface area contributed by atoms with Gasteiger partial charge in [-0.05, 0) is 25.0 Å². The van der Waals surface area contributed by atoms with E-state index in [4.69, 9.17) is 0 Å². The quantitative estimate of drug-likeness (QED) is 0.573. The summed E-state index contributed by atoms with van der Waals surface area (Å²) in [6, 6.07) is 8.36. The molecule has 0 aliphatic carbocycles. The summed E-state index contributed by atoms with van der Waals surface area (Å²) in [4.78, 5) is 0. The first-order valence-electron chi connectivity index (χ1n) is 2.83. The van der Waals surface area contributed by atoms with E-state index in [0.29, 0.717) is 0 Å². The van der Waals surface area contributed by atoms with Crippen LogP contribution in [0.15, 0.2) is 24.3 Å². The maximum atomic E-state index is 2.12. The van der Waals surface area contributed by atoms with E-state index < -0.39 is 0 Å². The lowest BCUT2D eigenvalue weighted by atomic mass is 10.1. The fourth-order valence-corrected chi connectivity index (χ4v) is 0.663. The smallest absolute Gasteiger partial charge is 0.0395 e. The zero-order valence-electron chi connectivity index (χ0n) is 6.13. The molecule has 0 aliphatic rings. The SMILES string of the molecule is Cc1ccccc1C.Cl.Cl. The summed E-state index contributed by atoms with van der Waals surface area (Å²) in [6.07, 6.45) is 0. The minimum absolute atomic E-state index is 0. The van der Waals surface area contributed by atoms with E-state index in [1.54, 1.807) is 0 Å². The lowest BCUT2D eigenvalue weighted by Gasteiger charge is -1.93. The summed E-state index contributed by atoms with van der Waals surface area (Å²) in [7, 11) is 0. The Morgan fingerprint density at radius 2 is 1.10 bits per heavy atom. The van der Waals surface area contributed by atoms with Crippen molar-refractivity contribution in [3.63, 3.8) is 0 Å². The summed E-state index contributed by atoms with van der Waals surface area (Å²) in [5, 5.41) is 0. The first-order valence-corrected chi connectivity index (χ1v) is 2.83. The zero-order chi connectivity index (χ0) is 5.98. The van der Waals surface area contributed by atoms with Crippen LogP contribution in [0.2, 0.25) is 0 Å². The van der Waals surface area contributed by atoms with Crippen LogP contribution in [0.4, 0.5) is 0 Å². The Morgan fingerprint density at radius 3 is 1.30 bits per heavy atom. The molecule has 0 amide bonds. The van der Waals surface area contributed by atoms with E-state index in [1.807, 2.05) is 0 Å². The van der Waals surface area contributed by atoms with Crippen LogP contribution in [-0.2, 0) is 0 Å². The number of rotatable bonds is 0. The van der Waals surface area contributed by atoms with Gasteiger partial charge < -0.3 is 0 Å². The van der Waals surface area contributed by atoms with Crippen molar-refractivity contribution in [1.29, 1.82) is 0 Å². The van der Waals surface area contributed by atoms with Crippen LogP contribution in [0, 0.1) is 13.8 Å². The molecule has 0 radical (unpaired) electrons. The molecule has 0 saturated heterocycles. The second kappa shape index (κ2) is 5.57. The van der Waals surface area contributed by atoms with Gasteiger partial charge in [0.1, 0.15) is 0 Å². The monoisotopic (exact) mass is 178 g/mol. The van der Waals surface area contributed by atoms with Crippen LogP contribution in [0.1, 0.15) is 11.1 Å². The highest BCUT2D eigenvalue weighted by molar-refractivity contribution is 5.85. The van der Waals surface area contributed by atoms with Crippen molar-refractivity contribution >= 4 is 24.8 Å². The molecule has 1 rings (SSSR count). The first-order chi connectivity index (χ1) is 3.80. The average Bonchev–Trinajstić information content (AvgIpc) is 1.77. The van der Waals surface area contributed by atoms with E-state index in [9.17, 15) is 0 Å². The highest BCUT2D eigenvalue weighted by atomic mass is 35.5. The Hall–Kier alpha value is -0.200. The summed E-state index contributed by atoms with van der Waals surface area (Å²) in [5.41, 5.74) is 2.74. The Kier molecular flexibility index (Phi) is 6.95. The highest BCUT2D eigenvalue weighted by Crippen LogP contribution is 2.02. The van der Waals surface area contributed by atoms with Crippen LogP contribution >= 0.6 is 24.8 Å². The molecule has 1 aromatic carbocycles. The van der Waals surface area contributed by atoms with Crippen molar-refractivity contribution in [2.45, 2.75) is 13.8 Å². The van der Waals surface area contributed by atoms with Gasteiger partial charge in [-0.3, -0.25) is 0 Å². The molecule has 0 aromatic heterocycles. The van der Waals surface area contributed by atoms with E-state index in [0.717, 1.165) is 0 Å². The van der Waals surface area contributed by atoms with Crippen LogP contribution in [-0.4, -0.2) is 0 Å². The molecule has 0 nitrogen and oxygen atoms in total. The third-order valence-electron chi connectivity index (χ3n) is 1.43. The topological polar surface area (TPSA) is 0 Å². The van der Waals surface area contributed by atoms with Gasteiger partial charge in [-0.15, -0.1) is 24.8 Å². The predicted octanol–water partition coefficient (Wildman–Crippen LogP) is 3.15. The molecule has 1 aromatic rings. The minimum Gasteiger partial charge on any atom is -0.147 e. The van der Waals surface area contributed by atoms with Crippen molar-refractivity contribution in [2.75, 3.05) is 0 Å². The second-order valence-corrected chi connectivity index (χ2v) is 2.08. The van der Waals surface area contributed by atoms with Gasteiger partial charge in [-0.1, -0.05) is 24.3 Å². The second-order valence-electron chi connectivity index (χ2n) is 2.08. The summed E-state index contributed by atoms with van der Waals surface area (Å²) >= 11 is 0. The summed E-state index contributed by atoms with van der Waals surface area (Å²) in [6.45, 7) is 4.24. The van der Waals surface area contributed by atoms with Crippen molar-refractivity contribution in [1.82, 2.24) is 0 Å². The van der Waals surface area contributed by atoms with Gasteiger partial charge in [0.2, 0.25) is 0 Å². The molecule has 0 saturated carbocycles. The number of aryl methyl sites for hydroxylation is 2. The third kappa shape index (κ3) is 3.09. The molecule has 0 unspecified atom stereocenters. The fourth-order valence-electron chi connectivity index (χ4n) is 0.663. The first kappa shape index (κ1) is 12.5. The van der Waals surface area contributed by atoms with Crippen LogP contribution < -0.4 is 0 Å². The Labute approximate surface area is 74.5 Å². The molecular weight excluding hydrogens is 167 g/mol. The molecule has 58 valence electrons. The lowest BCUT2D eigenvalue weighted by Crippen LogP contribution is -1.74. The lowest BCUT2D eigenvalue weighted by molar-refractivity contribution is 1.34. The number of benzene rings is 1. The van der Waals surface area contributed by atoms with Crippen LogP contribution in [0.3, 0.4) is 0 Å². The predicted molar refractivity (Wildman–Crippen MR) is 50.4 cm³/mol. The largest absolute Gasteiger partial charge is 0.147 e. The van der Waals surface area contributed by atoms with Crippen molar-refractivity contribution in [2.24, 2.45) is 0 Å². The number of hydrogen-bond donors (Lipinski definition) is 0. The van der Waals surface area contributed by atoms with Crippen molar-refractivity contribution < 1.29 is 0 Å². The standard InChI is InChI=1S/C8H10.2ClH/c1-7-5-3-4-6-8(7)2;;/h3-6H,1-2H3;2*1H. The van der Waals surface area contributed by atoms with E-state index >= 15 is 0 Å². The molecule has 0 N–H and O–H groups in total. The van der Waals surface area contributed by atoms with Gasteiger partial charge in [0.15, 0.2) is 0 Å². The molecule has 0 spiro atoms. The molecule has 0 bridgehead atoms. The molecule has 0 fully saturated rings. The van der Waals surface area contributed by atoms with Gasteiger partial charge in [0, 0.05) is 0 Å². The van der Waals surface area contributed by atoms with Crippen LogP contribution in [0.5, 0.6) is 0 Å². The Balaban J connectivity index is 0. The van der Waals surface area contributed by atoms with Gasteiger partial charge >= 0.3 is 0 Å².